The molecule has 0 spiro atoms. The highest BCUT2D eigenvalue weighted by molar-refractivity contribution is 7.92. The second-order valence-corrected chi connectivity index (χ2v) is 8.47. The quantitative estimate of drug-likeness (QED) is 0.643. The van der Waals surface area contributed by atoms with E-state index in [-0.39, 0.29) is 4.90 Å². The molecule has 0 radical (unpaired) electrons. The fourth-order valence-electron chi connectivity index (χ4n) is 2.94. The van der Waals surface area contributed by atoms with Crippen molar-refractivity contribution in [3.63, 3.8) is 0 Å². The maximum Gasteiger partial charge on any atom is 0.319 e. The summed E-state index contributed by atoms with van der Waals surface area (Å²) < 4.78 is 34.3. The van der Waals surface area contributed by atoms with Gasteiger partial charge in [-0.15, -0.1) is 0 Å². The molecule has 3 rings (SSSR count). The molecule has 1 fully saturated rings. The first-order valence-corrected chi connectivity index (χ1v) is 11.0. The number of anilines is 3. The van der Waals surface area contributed by atoms with E-state index in [2.05, 4.69) is 15.4 Å². The van der Waals surface area contributed by atoms with Crippen LogP contribution in [0.5, 0.6) is 0 Å². The van der Waals surface area contributed by atoms with E-state index in [0.717, 1.165) is 0 Å². The smallest absolute Gasteiger partial charge is 0.319 e. The lowest BCUT2D eigenvalue weighted by molar-refractivity contribution is 0.122. The van der Waals surface area contributed by atoms with Crippen molar-refractivity contribution in [1.29, 1.82) is 0 Å². The van der Waals surface area contributed by atoms with Crippen molar-refractivity contribution < 1.29 is 17.9 Å². The van der Waals surface area contributed by atoms with E-state index in [9.17, 15) is 13.2 Å². The predicted molar refractivity (Wildman–Crippen MR) is 114 cm³/mol. The zero-order chi connectivity index (χ0) is 20.9. The van der Waals surface area contributed by atoms with Crippen LogP contribution in [-0.2, 0) is 14.8 Å². The molecular formula is C19H23ClN4O4S. The molecule has 0 atom stereocenters. The molecule has 10 heteroatoms. The van der Waals surface area contributed by atoms with E-state index in [4.69, 9.17) is 16.3 Å². The minimum absolute atomic E-state index is 0.0728. The summed E-state index contributed by atoms with van der Waals surface area (Å²) in [5.41, 5.74) is 1.32. The number of amides is 2. The van der Waals surface area contributed by atoms with Gasteiger partial charge in [-0.2, -0.15) is 0 Å². The number of ether oxygens (including phenoxy) is 1. The van der Waals surface area contributed by atoms with Crippen LogP contribution in [0.3, 0.4) is 0 Å². The number of carbonyl (C=O) groups excluding carboxylic acids is 1. The molecule has 0 saturated carbocycles. The number of nitrogens with one attached hydrogen (secondary N) is 3. The summed E-state index contributed by atoms with van der Waals surface area (Å²) in [4.78, 5) is 13.9. The van der Waals surface area contributed by atoms with Gasteiger partial charge in [-0.3, -0.25) is 4.72 Å². The lowest BCUT2D eigenvalue weighted by atomic mass is 10.2. The van der Waals surface area contributed by atoms with E-state index in [0.29, 0.717) is 54.9 Å². The fourth-order valence-corrected chi connectivity index (χ4v) is 4.37. The first-order valence-electron chi connectivity index (χ1n) is 9.19. The number of nitrogens with zero attached hydrogens (tertiary/aromatic N) is 1. The molecule has 156 valence electrons. The summed E-state index contributed by atoms with van der Waals surface area (Å²) in [6, 6.07) is 10.8. The number of hydrogen-bond acceptors (Lipinski definition) is 5. The van der Waals surface area contributed by atoms with Crippen LogP contribution >= 0.6 is 11.6 Å². The Bertz CT molecular complexity index is 961. The zero-order valence-corrected chi connectivity index (χ0v) is 17.5. The fraction of sp³-hybridized carbons (Fsp3) is 0.316. The van der Waals surface area contributed by atoms with Crippen LogP contribution in [-0.4, -0.2) is 47.3 Å². The Morgan fingerprint density at radius 3 is 2.41 bits per heavy atom. The number of halogens is 1. The Hall–Kier alpha value is -2.49. The molecule has 2 aromatic carbocycles. The SMILES string of the molecule is CCNC(=O)Nc1ccc(N2CCOCC2)c(S(=O)(=O)Nc2ccc(Cl)cc2)c1. The average molecular weight is 439 g/mol. The van der Waals surface area contributed by atoms with Crippen LogP contribution in [0.15, 0.2) is 47.4 Å². The van der Waals surface area contributed by atoms with Crippen LogP contribution < -0.4 is 20.3 Å². The van der Waals surface area contributed by atoms with Gasteiger partial charge in [0.05, 0.1) is 18.9 Å². The first kappa shape index (κ1) is 21.2. The summed E-state index contributed by atoms with van der Waals surface area (Å²) in [5, 5.41) is 5.78. The van der Waals surface area contributed by atoms with Gasteiger partial charge in [0.25, 0.3) is 10.0 Å². The van der Waals surface area contributed by atoms with Crippen LogP contribution in [0, 0.1) is 0 Å². The molecule has 1 heterocycles. The summed E-state index contributed by atoms with van der Waals surface area (Å²) >= 11 is 5.88. The van der Waals surface area contributed by atoms with Crippen molar-refractivity contribution in [2.45, 2.75) is 11.8 Å². The van der Waals surface area contributed by atoms with E-state index in [1.807, 2.05) is 4.90 Å². The summed E-state index contributed by atoms with van der Waals surface area (Å²) in [6.07, 6.45) is 0. The number of morpholine rings is 1. The molecule has 1 aliphatic rings. The third kappa shape index (κ3) is 5.53. The Morgan fingerprint density at radius 2 is 1.76 bits per heavy atom. The van der Waals surface area contributed by atoms with Crippen LogP contribution in [0.25, 0.3) is 0 Å². The number of urea groups is 1. The molecule has 3 N–H and O–H groups in total. The molecule has 0 aromatic heterocycles. The number of carbonyl (C=O) groups is 1. The largest absolute Gasteiger partial charge is 0.378 e. The van der Waals surface area contributed by atoms with Gasteiger partial charge in [0, 0.05) is 36.0 Å². The standard InChI is InChI=1S/C19H23ClN4O4S/c1-2-21-19(25)22-16-7-8-17(24-9-11-28-12-10-24)18(13-16)29(26,27)23-15-5-3-14(20)4-6-15/h3-8,13,23H,2,9-12H2,1H3,(H2,21,22,25). The molecule has 1 saturated heterocycles. The monoisotopic (exact) mass is 438 g/mol. The van der Waals surface area contributed by atoms with Gasteiger partial charge >= 0.3 is 6.03 Å². The molecule has 0 bridgehead atoms. The zero-order valence-electron chi connectivity index (χ0n) is 15.9. The molecule has 2 aromatic rings. The maximum absolute atomic E-state index is 13.2. The second kappa shape index (κ2) is 9.34. The summed E-state index contributed by atoms with van der Waals surface area (Å²) in [7, 11) is -3.92. The van der Waals surface area contributed by atoms with Gasteiger partial charge in [-0.25, -0.2) is 13.2 Å². The number of sulfonamides is 1. The van der Waals surface area contributed by atoms with E-state index in [1.165, 1.54) is 6.07 Å². The number of hydrogen-bond donors (Lipinski definition) is 3. The van der Waals surface area contributed by atoms with Gasteiger partial charge in [0.1, 0.15) is 4.90 Å². The molecular weight excluding hydrogens is 416 g/mol. The number of rotatable bonds is 6. The van der Waals surface area contributed by atoms with Crippen molar-refractivity contribution in [2.75, 3.05) is 47.8 Å². The van der Waals surface area contributed by atoms with Crippen LogP contribution in [0.1, 0.15) is 6.92 Å². The molecule has 0 aliphatic carbocycles. The van der Waals surface area contributed by atoms with Crippen molar-refractivity contribution in [1.82, 2.24) is 5.32 Å². The lowest BCUT2D eigenvalue weighted by Gasteiger charge is -2.30. The Balaban J connectivity index is 1.96. The Kier molecular flexibility index (Phi) is 6.83. The Morgan fingerprint density at radius 1 is 1.10 bits per heavy atom. The van der Waals surface area contributed by atoms with Crippen molar-refractivity contribution in [2.24, 2.45) is 0 Å². The van der Waals surface area contributed by atoms with Crippen molar-refractivity contribution in [3.05, 3.63) is 47.5 Å². The highest BCUT2D eigenvalue weighted by Gasteiger charge is 2.24. The minimum Gasteiger partial charge on any atom is -0.378 e. The van der Waals surface area contributed by atoms with E-state index >= 15 is 0 Å². The highest BCUT2D eigenvalue weighted by Crippen LogP contribution is 2.31. The maximum atomic E-state index is 13.2. The van der Waals surface area contributed by atoms with Gasteiger partial charge in [0.15, 0.2) is 0 Å². The molecule has 29 heavy (non-hydrogen) atoms. The van der Waals surface area contributed by atoms with E-state index < -0.39 is 16.1 Å². The normalized spacial score (nSPS) is 14.3. The van der Waals surface area contributed by atoms with Crippen molar-refractivity contribution in [3.8, 4) is 0 Å². The third-order valence-corrected chi connectivity index (χ3v) is 5.96. The van der Waals surface area contributed by atoms with Gasteiger partial charge in [-0.05, 0) is 49.4 Å². The molecule has 0 unspecified atom stereocenters. The third-order valence-electron chi connectivity index (χ3n) is 4.29. The summed E-state index contributed by atoms with van der Waals surface area (Å²) in [5.74, 6) is 0. The van der Waals surface area contributed by atoms with Crippen molar-refractivity contribution >= 4 is 44.7 Å². The minimum atomic E-state index is -3.92. The average Bonchev–Trinajstić information content (AvgIpc) is 2.70. The predicted octanol–water partition coefficient (Wildman–Crippen LogP) is 3.12. The van der Waals surface area contributed by atoms with Gasteiger partial charge in [0.2, 0.25) is 0 Å². The molecule has 1 aliphatic heterocycles. The van der Waals surface area contributed by atoms with Gasteiger partial charge in [-0.1, -0.05) is 11.6 Å². The molecule has 8 nitrogen and oxygen atoms in total. The summed E-state index contributed by atoms with van der Waals surface area (Å²) in [6.45, 7) is 4.44. The highest BCUT2D eigenvalue weighted by atomic mass is 35.5. The number of benzene rings is 2. The second-order valence-electron chi connectivity index (χ2n) is 6.38. The van der Waals surface area contributed by atoms with E-state index in [1.54, 1.807) is 43.3 Å². The topological polar surface area (TPSA) is 99.8 Å². The lowest BCUT2D eigenvalue weighted by Crippen LogP contribution is -2.37. The Labute approximate surface area is 175 Å². The van der Waals surface area contributed by atoms with Crippen LogP contribution in [0.2, 0.25) is 5.02 Å². The van der Waals surface area contributed by atoms with Crippen LogP contribution in [0.4, 0.5) is 21.9 Å². The van der Waals surface area contributed by atoms with Gasteiger partial charge < -0.3 is 20.3 Å². The first-order chi connectivity index (χ1) is 13.9. The molecule has 2 amide bonds.